The second-order valence-electron chi connectivity index (χ2n) is 1.83. The molecule has 4 nitrogen and oxygen atoms in total. The molecule has 0 saturated carbocycles. The number of aliphatic hydroxyl groups excluding tert-OH is 1. The first kappa shape index (κ1) is 9.55. The van der Waals surface area contributed by atoms with Crippen LogP contribution in [0.25, 0.3) is 0 Å². The minimum absolute atomic E-state index is 0.106. The molecule has 1 unspecified atom stereocenters. The minimum atomic E-state index is -0.864. The van der Waals surface area contributed by atoms with Crippen LogP contribution < -0.4 is 5.73 Å². The van der Waals surface area contributed by atoms with Crippen LogP contribution >= 0.6 is 0 Å². The van der Waals surface area contributed by atoms with Crippen molar-refractivity contribution in [2.75, 3.05) is 13.2 Å². The molecule has 0 bridgehead atoms. The number of carbonyl (C=O) groups is 1. The smallest absolute Gasteiger partial charge is 0.175 e. The van der Waals surface area contributed by atoms with E-state index in [1.54, 1.807) is 6.92 Å². The van der Waals surface area contributed by atoms with Gasteiger partial charge < -0.3 is 9.84 Å². The van der Waals surface area contributed by atoms with Crippen LogP contribution in [0.5, 0.6) is 0 Å². The molecule has 0 aromatic carbocycles. The van der Waals surface area contributed by atoms with E-state index in [4.69, 9.17) is 15.6 Å². The molecule has 0 radical (unpaired) electrons. The Morgan fingerprint density at radius 1 is 1.80 bits per heavy atom. The van der Waals surface area contributed by atoms with Crippen molar-refractivity contribution in [3.05, 3.63) is 0 Å². The molecule has 0 fully saturated rings. The van der Waals surface area contributed by atoms with Crippen LogP contribution in [0.4, 0.5) is 0 Å². The van der Waals surface area contributed by atoms with Gasteiger partial charge in [-0.1, -0.05) is 6.92 Å². The molecule has 0 amide bonds. The van der Waals surface area contributed by atoms with Crippen molar-refractivity contribution in [2.45, 2.75) is 19.6 Å². The Hall–Kier alpha value is -0.450. The van der Waals surface area contributed by atoms with Crippen molar-refractivity contribution >= 4 is 5.78 Å². The van der Waals surface area contributed by atoms with Crippen LogP contribution in [0.3, 0.4) is 0 Å². The van der Waals surface area contributed by atoms with E-state index in [1.807, 2.05) is 0 Å². The van der Waals surface area contributed by atoms with Gasteiger partial charge in [0.05, 0.1) is 13.2 Å². The van der Waals surface area contributed by atoms with Gasteiger partial charge in [0, 0.05) is 6.42 Å². The fourth-order valence-corrected chi connectivity index (χ4v) is 0.474. The number of Topliss-reactive ketones (excluding diaryl/α,β-unsaturated/α-hetero) is 1. The quantitative estimate of drug-likeness (QED) is 0.502. The number of hydrogen-bond acceptors (Lipinski definition) is 4. The molecule has 1 atom stereocenters. The molecule has 0 rings (SSSR count). The van der Waals surface area contributed by atoms with Crippen LogP contribution in [0.1, 0.15) is 13.3 Å². The summed E-state index contributed by atoms with van der Waals surface area (Å²) in [5.41, 5.74) is 5.23. The summed E-state index contributed by atoms with van der Waals surface area (Å²) in [4.78, 5) is 10.7. The van der Waals surface area contributed by atoms with Crippen LogP contribution in [-0.2, 0) is 9.53 Å². The maximum absolute atomic E-state index is 10.7. The van der Waals surface area contributed by atoms with E-state index in [0.29, 0.717) is 6.42 Å². The minimum Gasteiger partial charge on any atom is -0.394 e. The molecule has 3 N–H and O–H groups in total. The lowest BCUT2D eigenvalue weighted by Crippen LogP contribution is -2.33. The summed E-state index contributed by atoms with van der Waals surface area (Å²) in [7, 11) is 0. The second-order valence-corrected chi connectivity index (χ2v) is 1.83. The maximum atomic E-state index is 10.7. The highest BCUT2D eigenvalue weighted by atomic mass is 16.5. The summed E-state index contributed by atoms with van der Waals surface area (Å²) < 4.78 is 4.72. The number of rotatable bonds is 5. The fourth-order valence-electron chi connectivity index (χ4n) is 0.474. The van der Waals surface area contributed by atoms with Crippen LogP contribution in [0.15, 0.2) is 0 Å². The molecule has 0 spiro atoms. The Balaban J connectivity index is 3.41. The molecule has 0 aromatic rings. The monoisotopic (exact) mass is 147 g/mol. The van der Waals surface area contributed by atoms with Gasteiger partial charge in [-0.2, -0.15) is 0 Å². The highest BCUT2D eigenvalue weighted by Crippen LogP contribution is 1.89. The molecule has 0 heterocycles. The zero-order chi connectivity index (χ0) is 7.98. The van der Waals surface area contributed by atoms with Gasteiger partial charge in [-0.15, -0.1) is 0 Å². The third kappa shape index (κ3) is 3.55. The second kappa shape index (κ2) is 5.34. The molecule has 4 heteroatoms. The van der Waals surface area contributed by atoms with Gasteiger partial charge in [0.1, 0.15) is 0 Å². The highest BCUT2D eigenvalue weighted by molar-refractivity contribution is 5.82. The topological polar surface area (TPSA) is 72.6 Å². The third-order valence-electron chi connectivity index (χ3n) is 1.05. The summed E-state index contributed by atoms with van der Waals surface area (Å²) in [6.45, 7) is 1.72. The van der Waals surface area contributed by atoms with Gasteiger partial charge >= 0.3 is 0 Å². The van der Waals surface area contributed by atoms with Crippen molar-refractivity contribution in [1.82, 2.24) is 0 Å². The van der Waals surface area contributed by atoms with E-state index >= 15 is 0 Å². The summed E-state index contributed by atoms with van der Waals surface area (Å²) in [6, 6.07) is 0. The first-order valence-electron chi connectivity index (χ1n) is 3.23. The Morgan fingerprint density at radius 3 is 2.80 bits per heavy atom. The van der Waals surface area contributed by atoms with Crippen molar-refractivity contribution in [3.8, 4) is 0 Å². The average molecular weight is 147 g/mol. The van der Waals surface area contributed by atoms with Crippen LogP contribution in [0.2, 0.25) is 0 Å². The van der Waals surface area contributed by atoms with Crippen molar-refractivity contribution in [1.29, 1.82) is 0 Å². The van der Waals surface area contributed by atoms with Crippen molar-refractivity contribution in [3.63, 3.8) is 0 Å². The lowest BCUT2D eigenvalue weighted by atomic mass is 10.3. The largest absolute Gasteiger partial charge is 0.394 e. The number of ketones is 1. The van der Waals surface area contributed by atoms with Gasteiger partial charge in [0.15, 0.2) is 12.0 Å². The van der Waals surface area contributed by atoms with E-state index in [-0.39, 0.29) is 19.0 Å². The van der Waals surface area contributed by atoms with Gasteiger partial charge in [0.2, 0.25) is 0 Å². The number of ether oxygens (including phenoxy) is 1. The SMILES string of the molecule is CCC(=O)C(N)OCCO. The van der Waals surface area contributed by atoms with E-state index in [9.17, 15) is 4.79 Å². The standard InChI is InChI=1S/C6H13NO3/c1-2-5(9)6(7)10-4-3-8/h6,8H,2-4,7H2,1H3. The van der Waals surface area contributed by atoms with E-state index in [0.717, 1.165) is 0 Å². The third-order valence-corrected chi connectivity index (χ3v) is 1.05. The number of aliphatic hydroxyl groups is 1. The normalized spacial score (nSPS) is 13.1. The van der Waals surface area contributed by atoms with Gasteiger partial charge in [-0.05, 0) is 0 Å². The predicted octanol–water partition coefficient (Wildman–Crippen LogP) is -0.741. The molecule has 0 aliphatic rings. The molecule has 0 saturated heterocycles. The molecule has 0 aliphatic carbocycles. The fraction of sp³-hybridized carbons (Fsp3) is 0.833. The molecule has 60 valence electrons. The number of carbonyl (C=O) groups excluding carboxylic acids is 1. The maximum Gasteiger partial charge on any atom is 0.175 e. The molecular weight excluding hydrogens is 134 g/mol. The van der Waals surface area contributed by atoms with Crippen molar-refractivity contribution in [2.24, 2.45) is 5.73 Å². The zero-order valence-electron chi connectivity index (χ0n) is 6.04. The summed E-state index contributed by atoms with van der Waals surface area (Å²) >= 11 is 0. The Labute approximate surface area is 60.0 Å². The summed E-state index contributed by atoms with van der Waals surface area (Å²) in [6.07, 6.45) is -0.496. The van der Waals surface area contributed by atoms with Gasteiger partial charge in [0.25, 0.3) is 0 Å². The predicted molar refractivity (Wildman–Crippen MR) is 36.3 cm³/mol. The first-order chi connectivity index (χ1) is 4.72. The zero-order valence-corrected chi connectivity index (χ0v) is 6.04. The highest BCUT2D eigenvalue weighted by Gasteiger charge is 2.09. The van der Waals surface area contributed by atoms with Crippen LogP contribution in [0, 0.1) is 0 Å². The summed E-state index contributed by atoms with van der Waals surface area (Å²) in [5, 5.41) is 8.28. The summed E-state index contributed by atoms with van der Waals surface area (Å²) in [5.74, 6) is -0.145. The number of hydrogen-bond donors (Lipinski definition) is 2. The molecule has 10 heavy (non-hydrogen) atoms. The van der Waals surface area contributed by atoms with Gasteiger partial charge in [-0.3, -0.25) is 10.5 Å². The Morgan fingerprint density at radius 2 is 2.40 bits per heavy atom. The number of nitrogens with two attached hydrogens (primary N) is 1. The Bertz CT molecular complexity index is 105. The van der Waals surface area contributed by atoms with Gasteiger partial charge in [-0.25, -0.2) is 0 Å². The lowest BCUT2D eigenvalue weighted by molar-refractivity contribution is -0.130. The first-order valence-corrected chi connectivity index (χ1v) is 3.23. The Kier molecular flexibility index (Phi) is 5.10. The molecule has 0 aromatic heterocycles. The van der Waals surface area contributed by atoms with E-state index in [2.05, 4.69) is 0 Å². The molecule has 0 aliphatic heterocycles. The average Bonchev–Trinajstić information content (AvgIpc) is 1.98. The van der Waals surface area contributed by atoms with Crippen LogP contribution in [-0.4, -0.2) is 30.3 Å². The lowest BCUT2D eigenvalue weighted by Gasteiger charge is -2.08. The van der Waals surface area contributed by atoms with E-state index < -0.39 is 6.23 Å². The van der Waals surface area contributed by atoms with Crippen molar-refractivity contribution < 1.29 is 14.6 Å². The van der Waals surface area contributed by atoms with E-state index in [1.165, 1.54) is 0 Å². The molecular formula is C6H13NO3.